The number of tetrazole rings is 1. The smallest absolute Gasteiger partial charge is 0.263 e. The van der Waals surface area contributed by atoms with Crippen LogP contribution in [0.25, 0.3) is 0 Å². The molecule has 0 saturated heterocycles. The van der Waals surface area contributed by atoms with Crippen LogP contribution in [-0.4, -0.2) is 27.2 Å². The van der Waals surface area contributed by atoms with Gasteiger partial charge in [0.05, 0.1) is 6.61 Å². The minimum Gasteiger partial charge on any atom is -0.494 e. The molecule has 6 nitrogen and oxygen atoms in total. The third kappa shape index (κ3) is 3.44. The lowest BCUT2D eigenvalue weighted by Gasteiger charge is -2.11. The summed E-state index contributed by atoms with van der Waals surface area (Å²) < 4.78 is 5.56. The fourth-order valence-corrected chi connectivity index (χ4v) is 1.55. The van der Waals surface area contributed by atoms with Crippen LogP contribution in [0.4, 0.5) is 5.95 Å². The van der Waals surface area contributed by atoms with Gasteiger partial charge >= 0.3 is 0 Å². The molecule has 18 heavy (non-hydrogen) atoms. The number of aromatic amines is 1. The Morgan fingerprint density at radius 1 is 1.39 bits per heavy atom. The Morgan fingerprint density at radius 2 is 2.22 bits per heavy atom. The van der Waals surface area contributed by atoms with Crippen LogP contribution in [-0.2, 0) is 6.54 Å². The van der Waals surface area contributed by atoms with Gasteiger partial charge in [-0.15, -0.1) is 5.10 Å². The van der Waals surface area contributed by atoms with Crippen LogP contribution in [0.15, 0.2) is 18.2 Å². The Hall–Kier alpha value is -2.11. The molecule has 0 aliphatic heterocycles. The number of anilines is 1. The number of rotatable bonds is 5. The molecule has 2 rings (SSSR count). The van der Waals surface area contributed by atoms with Gasteiger partial charge in [0.25, 0.3) is 5.95 Å². The van der Waals surface area contributed by atoms with Gasteiger partial charge in [-0.05, 0) is 25.1 Å². The van der Waals surface area contributed by atoms with Gasteiger partial charge in [-0.25, -0.2) is 0 Å². The Balaban J connectivity index is 0.00000162. The van der Waals surface area contributed by atoms with Crippen molar-refractivity contribution in [1.82, 2.24) is 20.6 Å². The second-order valence-electron chi connectivity index (χ2n) is 3.63. The summed E-state index contributed by atoms with van der Waals surface area (Å²) in [5, 5.41) is 16.6. The summed E-state index contributed by atoms with van der Waals surface area (Å²) >= 11 is 0. The van der Waals surface area contributed by atoms with Crippen molar-refractivity contribution in [1.29, 1.82) is 0 Å². The molecule has 1 aromatic heterocycles. The number of aromatic nitrogens is 4. The molecular formula is C12H19N5O. The number of hydrogen-bond acceptors (Lipinski definition) is 5. The number of ether oxygens (including phenoxy) is 1. The van der Waals surface area contributed by atoms with E-state index in [1.54, 1.807) is 0 Å². The number of aryl methyl sites for hydroxylation is 1. The highest BCUT2D eigenvalue weighted by Crippen LogP contribution is 2.20. The molecule has 0 atom stereocenters. The summed E-state index contributed by atoms with van der Waals surface area (Å²) in [5.74, 6) is 1.36. The molecular weight excluding hydrogens is 230 g/mol. The van der Waals surface area contributed by atoms with Gasteiger partial charge < -0.3 is 10.1 Å². The fraction of sp³-hybridized carbons (Fsp3) is 0.417. The van der Waals surface area contributed by atoms with Crippen molar-refractivity contribution in [3.63, 3.8) is 0 Å². The molecule has 98 valence electrons. The first-order valence-corrected chi connectivity index (χ1v) is 5.49. The van der Waals surface area contributed by atoms with E-state index in [1.807, 2.05) is 26.0 Å². The number of benzene rings is 1. The summed E-state index contributed by atoms with van der Waals surface area (Å²) in [6.07, 6.45) is 0. The van der Waals surface area contributed by atoms with E-state index in [0.717, 1.165) is 11.3 Å². The summed E-state index contributed by atoms with van der Waals surface area (Å²) in [7, 11) is 0. The van der Waals surface area contributed by atoms with E-state index in [0.29, 0.717) is 19.1 Å². The molecule has 0 spiro atoms. The Kier molecular flexibility index (Phi) is 5.10. The summed E-state index contributed by atoms with van der Waals surface area (Å²) in [4.78, 5) is 0. The molecule has 1 aromatic carbocycles. The van der Waals surface area contributed by atoms with Crippen LogP contribution in [0.3, 0.4) is 0 Å². The van der Waals surface area contributed by atoms with Crippen LogP contribution in [0.2, 0.25) is 0 Å². The standard InChI is InChI=1S/C11H15N5O.CH4/c1-3-17-10-5-4-8(2)6-9(10)7-12-11-13-15-16-14-11;/h4-6H,3,7H2,1-2H3,(H2,12,13,14,15,16);1H4. The molecule has 6 heteroatoms. The predicted octanol–water partition coefficient (Wildman–Crippen LogP) is 2.16. The lowest BCUT2D eigenvalue weighted by molar-refractivity contribution is 0.337. The quantitative estimate of drug-likeness (QED) is 0.849. The summed E-state index contributed by atoms with van der Waals surface area (Å²) in [5.41, 5.74) is 2.27. The van der Waals surface area contributed by atoms with Gasteiger partial charge in [-0.2, -0.15) is 5.21 Å². The fourth-order valence-electron chi connectivity index (χ4n) is 1.55. The second-order valence-corrected chi connectivity index (χ2v) is 3.63. The highest BCUT2D eigenvalue weighted by Gasteiger charge is 2.05. The number of H-pyrrole nitrogens is 1. The molecule has 1 heterocycles. The largest absolute Gasteiger partial charge is 0.494 e. The SMILES string of the molecule is C.CCOc1ccc(C)cc1CNc1nn[nH]n1. The van der Waals surface area contributed by atoms with Gasteiger partial charge in [0.15, 0.2) is 0 Å². The van der Waals surface area contributed by atoms with Crippen LogP contribution in [0.1, 0.15) is 25.5 Å². The van der Waals surface area contributed by atoms with E-state index in [4.69, 9.17) is 4.74 Å². The van der Waals surface area contributed by atoms with E-state index in [2.05, 4.69) is 32.0 Å². The molecule has 0 amide bonds. The predicted molar refractivity (Wildman–Crippen MR) is 70.6 cm³/mol. The average molecular weight is 249 g/mol. The van der Waals surface area contributed by atoms with E-state index in [1.165, 1.54) is 5.56 Å². The molecule has 2 aromatic rings. The van der Waals surface area contributed by atoms with Crippen LogP contribution in [0, 0.1) is 6.92 Å². The van der Waals surface area contributed by atoms with Crippen LogP contribution in [0.5, 0.6) is 5.75 Å². The highest BCUT2D eigenvalue weighted by atomic mass is 16.5. The van der Waals surface area contributed by atoms with E-state index < -0.39 is 0 Å². The maximum atomic E-state index is 5.56. The Labute approximate surface area is 107 Å². The number of nitrogens with one attached hydrogen (secondary N) is 2. The lowest BCUT2D eigenvalue weighted by Crippen LogP contribution is -2.04. The molecule has 0 radical (unpaired) electrons. The van der Waals surface area contributed by atoms with Crippen LogP contribution >= 0.6 is 0 Å². The van der Waals surface area contributed by atoms with Gasteiger partial charge in [0, 0.05) is 12.1 Å². The molecule has 0 saturated carbocycles. The second kappa shape index (κ2) is 6.58. The molecule has 0 aliphatic carbocycles. The van der Waals surface area contributed by atoms with Crippen molar-refractivity contribution >= 4 is 5.95 Å². The first-order valence-electron chi connectivity index (χ1n) is 5.49. The normalized spacial score (nSPS) is 9.67. The first-order chi connectivity index (χ1) is 8.29. The van der Waals surface area contributed by atoms with Crippen molar-refractivity contribution in [2.45, 2.75) is 27.8 Å². The lowest BCUT2D eigenvalue weighted by atomic mass is 10.1. The van der Waals surface area contributed by atoms with Gasteiger partial charge in [-0.3, -0.25) is 0 Å². The van der Waals surface area contributed by atoms with E-state index in [-0.39, 0.29) is 7.43 Å². The van der Waals surface area contributed by atoms with Crippen LogP contribution < -0.4 is 10.1 Å². The maximum absolute atomic E-state index is 5.56. The summed E-state index contributed by atoms with van der Waals surface area (Å²) in [6, 6.07) is 6.09. The topological polar surface area (TPSA) is 75.7 Å². The van der Waals surface area contributed by atoms with Crippen molar-refractivity contribution < 1.29 is 4.74 Å². The monoisotopic (exact) mass is 249 g/mol. The van der Waals surface area contributed by atoms with Gasteiger partial charge in [0.2, 0.25) is 0 Å². The number of hydrogen-bond donors (Lipinski definition) is 2. The Morgan fingerprint density at radius 3 is 2.89 bits per heavy atom. The Bertz CT molecular complexity index is 469. The molecule has 0 bridgehead atoms. The zero-order chi connectivity index (χ0) is 12.1. The average Bonchev–Trinajstić information content (AvgIpc) is 2.82. The van der Waals surface area contributed by atoms with Crippen molar-refractivity contribution in [3.8, 4) is 5.75 Å². The minimum atomic E-state index is 0. The molecule has 2 N–H and O–H groups in total. The van der Waals surface area contributed by atoms with Gasteiger partial charge in [0.1, 0.15) is 5.75 Å². The first kappa shape index (κ1) is 14.0. The van der Waals surface area contributed by atoms with Crippen molar-refractivity contribution in [2.75, 3.05) is 11.9 Å². The zero-order valence-corrected chi connectivity index (χ0v) is 9.90. The molecule has 0 unspecified atom stereocenters. The third-order valence-corrected chi connectivity index (χ3v) is 2.30. The number of nitrogens with zero attached hydrogens (tertiary/aromatic N) is 3. The highest BCUT2D eigenvalue weighted by molar-refractivity contribution is 5.39. The van der Waals surface area contributed by atoms with E-state index >= 15 is 0 Å². The summed E-state index contributed by atoms with van der Waals surface area (Å²) in [6.45, 7) is 5.28. The minimum absolute atomic E-state index is 0. The molecule has 0 fully saturated rings. The van der Waals surface area contributed by atoms with Crippen molar-refractivity contribution in [3.05, 3.63) is 29.3 Å². The molecule has 0 aliphatic rings. The van der Waals surface area contributed by atoms with E-state index in [9.17, 15) is 0 Å². The van der Waals surface area contributed by atoms with Gasteiger partial charge in [-0.1, -0.05) is 30.2 Å². The maximum Gasteiger partial charge on any atom is 0.263 e. The zero-order valence-electron chi connectivity index (χ0n) is 9.90. The third-order valence-electron chi connectivity index (χ3n) is 2.30. The van der Waals surface area contributed by atoms with Crippen molar-refractivity contribution in [2.24, 2.45) is 0 Å².